The lowest BCUT2D eigenvalue weighted by atomic mass is 9.98. The van der Waals surface area contributed by atoms with E-state index in [9.17, 15) is 14.4 Å². The Kier molecular flexibility index (Phi) is 8.16. The van der Waals surface area contributed by atoms with Crippen LogP contribution in [0.5, 0.6) is 0 Å². The van der Waals surface area contributed by atoms with E-state index in [4.69, 9.17) is 9.47 Å². The summed E-state index contributed by atoms with van der Waals surface area (Å²) in [6.45, 7) is 7.03. The second kappa shape index (κ2) is 10.6. The molecule has 1 atom stereocenters. The lowest BCUT2D eigenvalue weighted by Crippen LogP contribution is -2.42. The van der Waals surface area contributed by atoms with E-state index in [1.807, 2.05) is 54.6 Å². The Bertz CT molecular complexity index is 853. The van der Waals surface area contributed by atoms with Crippen LogP contribution >= 0.6 is 0 Å². The van der Waals surface area contributed by atoms with E-state index >= 15 is 0 Å². The third-order valence-electron chi connectivity index (χ3n) is 4.20. The number of Topliss-reactive ketones (excluding diaryl/α,β-unsaturated/α-hetero) is 1. The number of ether oxygens (including phenoxy) is 2. The van der Waals surface area contributed by atoms with Crippen molar-refractivity contribution in [2.75, 3.05) is 6.61 Å². The fraction of sp³-hybridized carbons (Fsp3) is 0.375. The minimum absolute atomic E-state index is 0.121. The summed E-state index contributed by atoms with van der Waals surface area (Å²) in [6.07, 6.45) is -0.428. The smallest absolute Gasteiger partial charge is 0.407 e. The summed E-state index contributed by atoms with van der Waals surface area (Å²) in [5.74, 6) is -1.58. The molecule has 2 aromatic carbocycles. The highest BCUT2D eigenvalue weighted by atomic mass is 16.6. The van der Waals surface area contributed by atoms with Gasteiger partial charge in [0.25, 0.3) is 0 Å². The molecule has 0 spiro atoms. The summed E-state index contributed by atoms with van der Waals surface area (Å²) in [5, 5.41) is 2.71. The topological polar surface area (TPSA) is 81.7 Å². The number of hydrogen-bond acceptors (Lipinski definition) is 5. The van der Waals surface area contributed by atoms with Gasteiger partial charge in [0.2, 0.25) is 5.78 Å². The van der Waals surface area contributed by atoms with E-state index in [1.165, 1.54) is 0 Å². The number of carbonyl (C=O) groups is 3. The zero-order valence-corrected chi connectivity index (χ0v) is 17.9. The van der Waals surface area contributed by atoms with Gasteiger partial charge in [-0.25, -0.2) is 9.59 Å². The van der Waals surface area contributed by atoms with Gasteiger partial charge < -0.3 is 14.8 Å². The van der Waals surface area contributed by atoms with E-state index < -0.39 is 29.5 Å². The predicted molar refractivity (Wildman–Crippen MR) is 115 cm³/mol. The average molecular weight is 411 g/mol. The molecule has 0 aliphatic carbocycles. The number of rotatable bonds is 8. The van der Waals surface area contributed by atoms with Gasteiger partial charge in [-0.2, -0.15) is 0 Å². The Morgan fingerprint density at radius 2 is 1.53 bits per heavy atom. The van der Waals surface area contributed by atoms with Crippen molar-refractivity contribution in [1.29, 1.82) is 0 Å². The zero-order valence-electron chi connectivity index (χ0n) is 17.9. The molecular weight excluding hydrogens is 382 g/mol. The van der Waals surface area contributed by atoms with Crippen molar-refractivity contribution in [2.45, 2.75) is 52.2 Å². The molecule has 160 valence electrons. The molecule has 1 amide bonds. The van der Waals surface area contributed by atoms with E-state index in [0.717, 1.165) is 16.7 Å². The maximum absolute atomic E-state index is 12.2. The Labute approximate surface area is 177 Å². The van der Waals surface area contributed by atoms with E-state index in [0.29, 0.717) is 6.42 Å². The zero-order chi connectivity index (χ0) is 22.1. The van der Waals surface area contributed by atoms with Gasteiger partial charge in [-0.15, -0.1) is 0 Å². The van der Waals surface area contributed by atoms with Gasteiger partial charge in [0, 0.05) is 12.5 Å². The van der Waals surface area contributed by atoms with Crippen LogP contribution in [0.3, 0.4) is 0 Å². The van der Waals surface area contributed by atoms with Crippen LogP contribution in [0.2, 0.25) is 0 Å². The third-order valence-corrected chi connectivity index (χ3v) is 4.20. The molecule has 0 heterocycles. The van der Waals surface area contributed by atoms with Crippen LogP contribution in [0.25, 0.3) is 11.1 Å². The molecular formula is C24H29NO5. The first-order valence-electron chi connectivity index (χ1n) is 10.0. The van der Waals surface area contributed by atoms with Crippen molar-refractivity contribution in [3.8, 4) is 11.1 Å². The summed E-state index contributed by atoms with van der Waals surface area (Å²) >= 11 is 0. The molecule has 0 bridgehead atoms. The maximum Gasteiger partial charge on any atom is 0.407 e. The van der Waals surface area contributed by atoms with Gasteiger partial charge in [0.1, 0.15) is 5.60 Å². The molecule has 6 nitrogen and oxygen atoms in total. The highest BCUT2D eigenvalue weighted by Crippen LogP contribution is 2.20. The van der Waals surface area contributed by atoms with Crippen molar-refractivity contribution in [2.24, 2.45) is 0 Å². The van der Waals surface area contributed by atoms with E-state index in [1.54, 1.807) is 27.7 Å². The second-order valence-corrected chi connectivity index (χ2v) is 7.96. The van der Waals surface area contributed by atoms with Crippen molar-refractivity contribution < 1.29 is 23.9 Å². The minimum Gasteiger partial charge on any atom is -0.460 e. The largest absolute Gasteiger partial charge is 0.460 e. The quantitative estimate of drug-likeness (QED) is 0.517. The highest BCUT2D eigenvalue weighted by molar-refractivity contribution is 6.33. The lowest BCUT2D eigenvalue weighted by molar-refractivity contribution is -0.153. The molecule has 0 saturated heterocycles. The molecule has 0 aromatic heterocycles. The standard InChI is InChI=1S/C24H29NO5/c1-5-29-22(27)21(26)16-20(25-23(28)30-24(2,3)4)15-17-11-13-19(14-12-17)18-9-7-6-8-10-18/h6-14,20H,5,15-16H2,1-4H3,(H,25,28)/t20-/m1/s1. The monoisotopic (exact) mass is 411 g/mol. The molecule has 0 aliphatic heterocycles. The number of alkyl carbamates (subject to hydrolysis) is 1. The molecule has 0 saturated carbocycles. The minimum atomic E-state index is -0.895. The highest BCUT2D eigenvalue weighted by Gasteiger charge is 2.25. The number of esters is 1. The van der Waals surface area contributed by atoms with Crippen LogP contribution in [-0.4, -0.2) is 36.1 Å². The van der Waals surface area contributed by atoms with E-state index in [-0.39, 0.29) is 13.0 Å². The maximum atomic E-state index is 12.2. The molecule has 0 aliphatic rings. The Morgan fingerprint density at radius 1 is 0.933 bits per heavy atom. The van der Waals surface area contributed by atoms with Crippen molar-refractivity contribution in [1.82, 2.24) is 5.32 Å². The summed E-state index contributed by atoms with van der Waals surface area (Å²) in [5.41, 5.74) is 2.42. The van der Waals surface area contributed by atoms with Gasteiger partial charge >= 0.3 is 12.1 Å². The first-order valence-corrected chi connectivity index (χ1v) is 10.0. The summed E-state index contributed by atoms with van der Waals surface area (Å²) < 4.78 is 10.1. The molecule has 0 radical (unpaired) electrons. The van der Waals surface area contributed by atoms with Crippen LogP contribution in [0.1, 0.15) is 39.7 Å². The average Bonchev–Trinajstić information content (AvgIpc) is 2.68. The molecule has 30 heavy (non-hydrogen) atoms. The molecule has 1 N–H and O–H groups in total. The Morgan fingerprint density at radius 3 is 2.10 bits per heavy atom. The molecule has 0 fully saturated rings. The summed E-state index contributed by atoms with van der Waals surface area (Å²) in [7, 11) is 0. The number of carbonyl (C=O) groups excluding carboxylic acids is 3. The van der Waals surface area contributed by atoms with Crippen LogP contribution in [-0.2, 0) is 25.5 Å². The molecule has 2 rings (SSSR count). The molecule has 6 heteroatoms. The number of nitrogens with one attached hydrogen (secondary N) is 1. The predicted octanol–water partition coefficient (Wildman–Crippen LogP) is 4.31. The van der Waals surface area contributed by atoms with Crippen LogP contribution in [0, 0.1) is 0 Å². The summed E-state index contributed by atoms with van der Waals surface area (Å²) in [6, 6.07) is 17.2. The van der Waals surface area contributed by atoms with Gasteiger partial charge in [-0.1, -0.05) is 54.6 Å². The lowest BCUT2D eigenvalue weighted by Gasteiger charge is -2.23. The SMILES string of the molecule is CCOC(=O)C(=O)C[C@@H](Cc1ccc(-c2ccccc2)cc1)NC(=O)OC(C)(C)C. The fourth-order valence-electron chi connectivity index (χ4n) is 2.92. The fourth-order valence-corrected chi connectivity index (χ4v) is 2.92. The van der Waals surface area contributed by atoms with Gasteiger partial charge in [-0.05, 0) is 50.8 Å². The molecule has 0 unspecified atom stereocenters. The van der Waals surface area contributed by atoms with Gasteiger partial charge in [0.15, 0.2) is 0 Å². The van der Waals surface area contributed by atoms with Gasteiger partial charge in [0.05, 0.1) is 6.61 Å². The number of ketones is 1. The first-order chi connectivity index (χ1) is 14.2. The third kappa shape index (κ3) is 7.70. The Hall–Kier alpha value is -3.15. The molecule has 2 aromatic rings. The number of benzene rings is 2. The van der Waals surface area contributed by atoms with Crippen molar-refractivity contribution in [3.63, 3.8) is 0 Å². The number of hydrogen-bond donors (Lipinski definition) is 1. The van der Waals surface area contributed by atoms with Gasteiger partial charge in [-0.3, -0.25) is 4.79 Å². The van der Waals surface area contributed by atoms with Crippen LogP contribution in [0.15, 0.2) is 54.6 Å². The van der Waals surface area contributed by atoms with Crippen molar-refractivity contribution in [3.05, 3.63) is 60.2 Å². The number of amides is 1. The van der Waals surface area contributed by atoms with Crippen LogP contribution < -0.4 is 5.32 Å². The van der Waals surface area contributed by atoms with Crippen molar-refractivity contribution >= 4 is 17.8 Å². The normalized spacial score (nSPS) is 12.0. The Balaban J connectivity index is 2.11. The second-order valence-electron chi connectivity index (χ2n) is 7.96. The van der Waals surface area contributed by atoms with E-state index in [2.05, 4.69) is 5.32 Å². The first kappa shape index (κ1) is 23.1. The van der Waals surface area contributed by atoms with Crippen LogP contribution in [0.4, 0.5) is 4.79 Å². The summed E-state index contributed by atoms with van der Waals surface area (Å²) in [4.78, 5) is 36.1.